The second-order valence-corrected chi connectivity index (χ2v) is 13.3. The molecular weight excluding hydrogens is 661 g/mol. The lowest BCUT2D eigenvalue weighted by Crippen LogP contribution is -2.57. The summed E-state index contributed by atoms with van der Waals surface area (Å²) in [6.07, 6.45) is 3.71. The van der Waals surface area contributed by atoms with E-state index in [1.807, 2.05) is 0 Å². The Labute approximate surface area is 286 Å². The molecule has 1 aliphatic carbocycles. The number of benzene rings is 1. The number of carbonyl (C=O) groups is 2. The van der Waals surface area contributed by atoms with Crippen LogP contribution in [0.5, 0.6) is 0 Å². The average molecular weight is 703 g/mol. The summed E-state index contributed by atoms with van der Waals surface area (Å²) in [6, 6.07) is 6.02. The number of morpholine rings is 1. The Morgan fingerprint density at radius 2 is 1.90 bits per heavy atom. The number of rotatable bonds is 11. The molecule has 0 unspecified atom stereocenters. The zero-order chi connectivity index (χ0) is 34.5. The molecule has 3 aliphatic rings. The number of alkyl halides is 3. The number of aromatic nitrogens is 5. The molecule has 3 aromatic rings. The lowest BCUT2D eigenvalue weighted by atomic mass is 9.89. The standard InChI is InChI=1S/C32H41F3N10O3S/c1-21-19-43(11-12-44(21)22-5-3-6-22)26-8-7-23(17-24(26)38-31(47)28-29(32(33,34)35)39-27(49-2)18-37-28)45-20-25(40-41-45)30(46)36-9-4-10-42-13-15-48-16-14-42/h7-8,17-18,20-22H,3-6,9-16,19H2,1-2H3,(H,36,46)(H,38,47)/t21-/m1/s1. The molecule has 1 atom stereocenters. The fraction of sp³-hybridized carbons (Fsp3) is 0.562. The minimum Gasteiger partial charge on any atom is -0.379 e. The zero-order valence-corrected chi connectivity index (χ0v) is 28.4. The largest absolute Gasteiger partial charge is 0.435 e. The van der Waals surface area contributed by atoms with Crippen molar-refractivity contribution < 1.29 is 27.5 Å². The Kier molecular flexibility index (Phi) is 11.0. The number of hydrogen-bond acceptors (Lipinski definition) is 11. The smallest absolute Gasteiger partial charge is 0.379 e. The lowest BCUT2D eigenvalue weighted by Gasteiger charge is -2.47. The monoisotopic (exact) mass is 702 g/mol. The van der Waals surface area contributed by atoms with Gasteiger partial charge < -0.3 is 20.3 Å². The molecule has 0 radical (unpaired) electrons. The topological polar surface area (TPSA) is 134 Å². The quantitative estimate of drug-likeness (QED) is 0.225. The van der Waals surface area contributed by atoms with Crippen molar-refractivity contribution >= 4 is 35.0 Å². The fourth-order valence-corrected chi connectivity index (χ4v) is 6.76. The highest BCUT2D eigenvalue weighted by Crippen LogP contribution is 2.35. The average Bonchev–Trinajstić information content (AvgIpc) is 3.57. The predicted octanol–water partition coefficient (Wildman–Crippen LogP) is 3.57. The molecular formula is C32H41F3N10O3S. The van der Waals surface area contributed by atoms with Crippen LogP contribution in [0, 0.1) is 0 Å². The van der Waals surface area contributed by atoms with Crippen LogP contribution in [-0.2, 0) is 10.9 Å². The molecule has 0 spiro atoms. The van der Waals surface area contributed by atoms with Crippen molar-refractivity contribution in [3.05, 3.63) is 47.7 Å². The van der Waals surface area contributed by atoms with Gasteiger partial charge in [0.05, 0.1) is 42.7 Å². The third-order valence-corrected chi connectivity index (χ3v) is 9.88. The van der Waals surface area contributed by atoms with Crippen molar-refractivity contribution in [2.75, 3.05) is 75.5 Å². The van der Waals surface area contributed by atoms with Gasteiger partial charge in [0.25, 0.3) is 11.8 Å². The third kappa shape index (κ3) is 8.33. The van der Waals surface area contributed by atoms with E-state index in [9.17, 15) is 22.8 Å². The van der Waals surface area contributed by atoms with Crippen molar-refractivity contribution in [3.63, 3.8) is 0 Å². The number of thioether (sulfide) groups is 1. The summed E-state index contributed by atoms with van der Waals surface area (Å²) < 4.78 is 48.7. The Morgan fingerprint density at radius 1 is 1.10 bits per heavy atom. The number of anilines is 2. The maximum Gasteiger partial charge on any atom is 0.435 e. The lowest BCUT2D eigenvalue weighted by molar-refractivity contribution is -0.142. The molecule has 0 bridgehead atoms. The van der Waals surface area contributed by atoms with Crippen LogP contribution in [0.2, 0.25) is 0 Å². The number of amides is 2. The van der Waals surface area contributed by atoms with Gasteiger partial charge in [0.1, 0.15) is 5.03 Å². The van der Waals surface area contributed by atoms with Gasteiger partial charge in [-0.05, 0) is 57.2 Å². The number of ether oxygens (including phenoxy) is 1. The zero-order valence-electron chi connectivity index (χ0n) is 27.6. The van der Waals surface area contributed by atoms with Gasteiger partial charge in [-0.2, -0.15) is 13.2 Å². The summed E-state index contributed by atoms with van der Waals surface area (Å²) in [5, 5.41) is 13.8. The van der Waals surface area contributed by atoms with E-state index in [-0.39, 0.29) is 28.4 Å². The van der Waals surface area contributed by atoms with Gasteiger partial charge in [-0.15, -0.1) is 16.9 Å². The maximum atomic E-state index is 14.0. The van der Waals surface area contributed by atoms with Crippen molar-refractivity contribution in [2.24, 2.45) is 0 Å². The summed E-state index contributed by atoms with van der Waals surface area (Å²) in [5.74, 6) is -1.41. The van der Waals surface area contributed by atoms with Crippen molar-refractivity contribution in [3.8, 4) is 5.69 Å². The number of carbonyl (C=O) groups excluding carboxylic acids is 2. The molecule has 2 aromatic heterocycles. The van der Waals surface area contributed by atoms with Gasteiger partial charge in [-0.1, -0.05) is 11.6 Å². The molecule has 1 aromatic carbocycles. The molecule has 17 heteroatoms. The highest BCUT2D eigenvalue weighted by atomic mass is 32.2. The number of hydrogen-bond donors (Lipinski definition) is 2. The van der Waals surface area contributed by atoms with E-state index >= 15 is 0 Å². The van der Waals surface area contributed by atoms with Crippen molar-refractivity contribution in [1.82, 2.24) is 40.1 Å². The normalized spacial score (nSPS) is 19.4. The third-order valence-electron chi connectivity index (χ3n) is 9.27. The number of piperazine rings is 1. The van der Waals surface area contributed by atoms with Gasteiger partial charge >= 0.3 is 6.18 Å². The highest BCUT2D eigenvalue weighted by Gasteiger charge is 2.39. The molecule has 264 valence electrons. The summed E-state index contributed by atoms with van der Waals surface area (Å²) >= 11 is 1.00. The van der Waals surface area contributed by atoms with Gasteiger partial charge in [-0.3, -0.25) is 19.4 Å². The molecule has 1 saturated carbocycles. The van der Waals surface area contributed by atoms with Crippen LogP contribution in [0.1, 0.15) is 59.3 Å². The molecule has 2 saturated heterocycles. The van der Waals surface area contributed by atoms with E-state index in [0.29, 0.717) is 50.3 Å². The second kappa shape index (κ2) is 15.4. The van der Waals surface area contributed by atoms with E-state index in [1.54, 1.807) is 24.5 Å². The molecule has 3 fully saturated rings. The van der Waals surface area contributed by atoms with Crippen LogP contribution in [-0.4, -0.2) is 124 Å². The van der Waals surface area contributed by atoms with Crippen LogP contribution in [0.4, 0.5) is 24.5 Å². The number of halogens is 3. The molecule has 13 nitrogen and oxygen atoms in total. The summed E-state index contributed by atoms with van der Waals surface area (Å²) in [7, 11) is 0. The van der Waals surface area contributed by atoms with Crippen LogP contribution in [0.3, 0.4) is 0 Å². The van der Waals surface area contributed by atoms with Gasteiger partial charge in [-0.25, -0.2) is 14.6 Å². The Hall–Kier alpha value is -3.80. The number of nitrogens with one attached hydrogen (secondary N) is 2. The maximum absolute atomic E-state index is 14.0. The summed E-state index contributed by atoms with van der Waals surface area (Å²) in [5.41, 5.74) is -0.676. The Bertz CT molecular complexity index is 1630. The van der Waals surface area contributed by atoms with E-state index in [2.05, 4.69) is 52.5 Å². The summed E-state index contributed by atoms with van der Waals surface area (Å²) in [6.45, 7) is 8.85. The Balaban J connectivity index is 1.22. The van der Waals surface area contributed by atoms with Crippen LogP contribution < -0.4 is 15.5 Å². The molecule has 4 heterocycles. The molecule has 2 N–H and O–H groups in total. The molecule has 49 heavy (non-hydrogen) atoms. The SMILES string of the molecule is CSc1cnc(C(=O)Nc2cc(-n3cc(C(=O)NCCCN4CCOCC4)nn3)ccc2N2CCN(C3CCC3)[C@H](C)C2)c(C(F)(F)F)n1. The molecule has 2 aliphatic heterocycles. The van der Waals surface area contributed by atoms with E-state index in [1.165, 1.54) is 30.1 Å². The molecule has 2 amide bonds. The number of nitrogens with zero attached hydrogens (tertiary/aromatic N) is 8. The first-order chi connectivity index (χ1) is 23.6. The van der Waals surface area contributed by atoms with E-state index in [4.69, 9.17) is 4.74 Å². The first-order valence-electron chi connectivity index (χ1n) is 16.6. The molecule has 6 rings (SSSR count). The van der Waals surface area contributed by atoms with E-state index < -0.39 is 23.5 Å². The summed E-state index contributed by atoms with van der Waals surface area (Å²) in [4.78, 5) is 40.8. The fourth-order valence-electron chi connectivity index (χ4n) is 6.42. The first kappa shape index (κ1) is 35.0. The predicted molar refractivity (Wildman–Crippen MR) is 178 cm³/mol. The van der Waals surface area contributed by atoms with Crippen molar-refractivity contribution in [2.45, 2.75) is 55.9 Å². The van der Waals surface area contributed by atoms with Crippen LogP contribution in [0.25, 0.3) is 5.69 Å². The van der Waals surface area contributed by atoms with Gasteiger partial charge in [0, 0.05) is 51.4 Å². The van der Waals surface area contributed by atoms with Crippen LogP contribution >= 0.6 is 11.8 Å². The van der Waals surface area contributed by atoms with E-state index in [0.717, 1.165) is 50.6 Å². The Morgan fingerprint density at radius 3 is 2.59 bits per heavy atom. The van der Waals surface area contributed by atoms with Gasteiger partial charge in [0.2, 0.25) is 0 Å². The first-order valence-corrected chi connectivity index (χ1v) is 17.8. The van der Waals surface area contributed by atoms with Crippen LogP contribution in [0.15, 0.2) is 35.6 Å². The minimum absolute atomic E-state index is 0.0491. The van der Waals surface area contributed by atoms with Gasteiger partial charge in [0.15, 0.2) is 17.1 Å². The minimum atomic E-state index is -4.89. The second-order valence-electron chi connectivity index (χ2n) is 12.5. The highest BCUT2D eigenvalue weighted by molar-refractivity contribution is 7.98. The van der Waals surface area contributed by atoms with Crippen molar-refractivity contribution in [1.29, 1.82) is 0 Å².